The van der Waals surface area contributed by atoms with Gasteiger partial charge in [0.05, 0.1) is 5.52 Å². The second-order valence-corrected chi connectivity index (χ2v) is 5.77. The molecule has 0 amide bonds. The Morgan fingerprint density at radius 2 is 2.18 bits per heavy atom. The predicted octanol–water partition coefficient (Wildman–Crippen LogP) is 0.230. The Balaban J connectivity index is 2.23. The molecule has 0 saturated heterocycles. The number of hydrogen-bond donors (Lipinski definition) is 1. The van der Waals surface area contributed by atoms with Crippen LogP contribution in [0.3, 0.4) is 0 Å². The summed E-state index contributed by atoms with van der Waals surface area (Å²) in [6.45, 7) is 0.247. The normalized spacial score (nSPS) is 12.4. The van der Waals surface area contributed by atoms with Gasteiger partial charge < -0.3 is 0 Å². The first-order valence-electron chi connectivity index (χ1n) is 5.09. The van der Waals surface area contributed by atoms with Crippen LogP contribution in [0.2, 0.25) is 0 Å². The minimum Gasteiger partial charge on any atom is -0.241 e. The summed E-state index contributed by atoms with van der Waals surface area (Å²) in [6, 6.07) is 5.55. The molecule has 6 nitrogen and oxygen atoms in total. The van der Waals surface area contributed by atoms with Crippen LogP contribution < -0.4 is 4.72 Å². The van der Waals surface area contributed by atoms with E-state index in [-0.39, 0.29) is 6.54 Å². The van der Waals surface area contributed by atoms with Crippen LogP contribution in [0, 0.1) is 0 Å². The van der Waals surface area contributed by atoms with Crippen LogP contribution in [0.5, 0.6) is 0 Å². The summed E-state index contributed by atoms with van der Waals surface area (Å²) in [6.07, 6.45) is 3.50. The zero-order valence-electron chi connectivity index (χ0n) is 9.66. The van der Waals surface area contributed by atoms with Crippen molar-refractivity contribution in [3.63, 3.8) is 0 Å². The number of pyridine rings is 1. The Kier molecular flexibility index (Phi) is 3.14. The first-order valence-corrected chi connectivity index (χ1v) is 6.53. The molecule has 1 N–H and O–H groups in total. The lowest BCUT2D eigenvalue weighted by Crippen LogP contribution is -2.35. The summed E-state index contributed by atoms with van der Waals surface area (Å²) in [5.74, 6) is 0. The third-order valence-electron chi connectivity index (χ3n) is 2.45. The maximum absolute atomic E-state index is 11.6. The third-order valence-corrected chi connectivity index (χ3v) is 3.92. The van der Waals surface area contributed by atoms with Crippen LogP contribution >= 0.6 is 0 Å². The Bertz CT molecular complexity index is 618. The second-order valence-electron chi connectivity index (χ2n) is 3.80. The lowest BCUT2D eigenvalue weighted by molar-refractivity contribution is 0.505. The molecule has 2 rings (SSSR count). The van der Waals surface area contributed by atoms with E-state index in [0.717, 1.165) is 15.4 Å². The number of aromatic nitrogens is 2. The summed E-state index contributed by atoms with van der Waals surface area (Å²) in [5, 5.41) is 4.09. The zero-order valence-corrected chi connectivity index (χ0v) is 10.5. The molecule has 0 unspecified atom stereocenters. The van der Waals surface area contributed by atoms with Gasteiger partial charge in [-0.2, -0.15) is 22.5 Å². The van der Waals surface area contributed by atoms with E-state index in [1.807, 2.05) is 24.4 Å². The third kappa shape index (κ3) is 2.46. The van der Waals surface area contributed by atoms with E-state index in [2.05, 4.69) is 9.82 Å². The average molecular weight is 254 g/mol. The summed E-state index contributed by atoms with van der Waals surface area (Å²) in [5.41, 5.74) is 1.78. The molecule has 0 aliphatic heterocycles. The van der Waals surface area contributed by atoms with Crippen LogP contribution in [0.1, 0.15) is 5.56 Å². The van der Waals surface area contributed by atoms with Crippen molar-refractivity contribution in [1.29, 1.82) is 0 Å². The molecule has 0 aromatic carbocycles. The molecule has 2 heterocycles. The van der Waals surface area contributed by atoms with Gasteiger partial charge in [-0.1, -0.05) is 6.07 Å². The first-order chi connectivity index (χ1) is 8.00. The molecule has 0 fully saturated rings. The number of rotatable bonds is 4. The van der Waals surface area contributed by atoms with Crippen LogP contribution in [0.25, 0.3) is 5.52 Å². The standard InChI is InChI=1S/C10H14N4O2S/c1-13(2)17(15,16)12-8-9-4-3-7-14-10(9)5-6-11-14/h3-7,12H,8H2,1-2H3. The molecule has 0 radical (unpaired) electrons. The van der Waals surface area contributed by atoms with Crippen molar-refractivity contribution < 1.29 is 8.42 Å². The van der Waals surface area contributed by atoms with Crippen LogP contribution in [-0.4, -0.2) is 36.4 Å². The molecule has 2 aromatic rings. The Labute approximate surface area is 100 Å². The molecule has 0 spiro atoms. The van der Waals surface area contributed by atoms with Crippen molar-refractivity contribution in [2.45, 2.75) is 6.54 Å². The number of nitrogens with one attached hydrogen (secondary N) is 1. The molecular weight excluding hydrogens is 240 g/mol. The monoisotopic (exact) mass is 254 g/mol. The maximum atomic E-state index is 11.6. The van der Waals surface area contributed by atoms with Gasteiger partial charge >= 0.3 is 0 Å². The number of nitrogens with zero attached hydrogens (tertiary/aromatic N) is 3. The maximum Gasteiger partial charge on any atom is 0.279 e. The summed E-state index contributed by atoms with van der Waals surface area (Å²) in [7, 11) is -0.419. The molecule has 2 aromatic heterocycles. The highest BCUT2D eigenvalue weighted by atomic mass is 32.2. The van der Waals surface area contributed by atoms with Crippen molar-refractivity contribution >= 4 is 15.7 Å². The van der Waals surface area contributed by atoms with Gasteiger partial charge in [0, 0.05) is 33.0 Å². The van der Waals surface area contributed by atoms with E-state index in [9.17, 15) is 8.42 Å². The van der Waals surface area contributed by atoms with E-state index in [1.54, 1.807) is 10.7 Å². The molecule has 92 valence electrons. The van der Waals surface area contributed by atoms with E-state index < -0.39 is 10.2 Å². The van der Waals surface area contributed by atoms with E-state index in [0.29, 0.717) is 0 Å². The highest BCUT2D eigenvalue weighted by Gasteiger charge is 2.13. The lowest BCUT2D eigenvalue weighted by atomic mass is 10.2. The molecule has 0 saturated carbocycles. The minimum atomic E-state index is -3.39. The predicted molar refractivity (Wildman–Crippen MR) is 64.6 cm³/mol. The van der Waals surface area contributed by atoms with Crippen molar-refractivity contribution in [2.24, 2.45) is 0 Å². The van der Waals surface area contributed by atoms with E-state index in [1.165, 1.54) is 14.1 Å². The zero-order chi connectivity index (χ0) is 12.5. The summed E-state index contributed by atoms with van der Waals surface area (Å²) >= 11 is 0. The SMILES string of the molecule is CN(C)S(=O)(=O)NCc1cccn2nccc12. The average Bonchev–Trinajstić information content (AvgIpc) is 2.74. The fourth-order valence-electron chi connectivity index (χ4n) is 1.46. The van der Waals surface area contributed by atoms with Crippen molar-refractivity contribution in [3.05, 3.63) is 36.2 Å². The summed E-state index contributed by atoms with van der Waals surface area (Å²) < 4.78 is 28.5. The van der Waals surface area contributed by atoms with E-state index in [4.69, 9.17) is 0 Å². The smallest absolute Gasteiger partial charge is 0.241 e. The van der Waals surface area contributed by atoms with Gasteiger partial charge in [-0.05, 0) is 17.7 Å². The van der Waals surface area contributed by atoms with Gasteiger partial charge in [-0.3, -0.25) is 0 Å². The second kappa shape index (κ2) is 4.44. The van der Waals surface area contributed by atoms with Crippen molar-refractivity contribution in [2.75, 3.05) is 14.1 Å². The molecule has 0 aliphatic carbocycles. The fourth-order valence-corrected chi connectivity index (χ4v) is 2.06. The Hall–Kier alpha value is -1.44. The van der Waals surface area contributed by atoms with Crippen molar-refractivity contribution in [1.82, 2.24) is 18.6 Å². The molecule has 0 aliphatic rings. The van der Waals surface area contributed by atoms with Gasteiger partial charge in [0.1, 0.15) is 0 Å². The molecule has 17 heavy (non-hydrogen) atoms. The van der Waals surface area contributed by atoms with Crippen molar-refractivity contribution in [3.8, 4) is 0 Å². The topological polar surface area (TPSA) is 66.7 Å². The largest absolute Gasteiger partial charge is 0.279 e. The van der Waals surface area contributed by atoms with Gasteiger partial charge in [0.2, 0.25) is 0 Å². The van der Waals surface area contributed by atoms with Gasteiger partial charge in [-0.25, -0.2) is 4.52 Å². The highest BCUT2D eigenvalue weighted by Crippen LogP contribution is 2.09. The van der Waals surface area contributed by atoms with Gasteiger partial charge in [0.15, 0.2) is 0 Å². The molecule has 7 heteroatoms. The lowest BCUT2D eigenvalue weighted by Gasteiger charge is -2.12. The van der Waals surface area contributed by atoms with Crippen LogP contribution in [0.4, 0.5) is 0 Å². The first kappa shape index (κ1) is 12.0. The van der Waals surface area contributed by atoms with E-state index >= 15 is 0 Å². The quantitative estimate of drug-likeness (QED) is 0.849. The molecular formula is C10H14N4O2S. The van der Waals surface area contributed by atoms with Crippen LogP contribution in [0.15, 0.2) is 30.6 Å². The minimum absolute atomic E-state index is 0.247. The summed E-state index contributed by atoms with van der Waals surface area (Å²) in [4.78, 5) is 0. The fraction of sp³-hybridized carbons (Fsp3) is 0.300. The molecule has 0 atom stereocenters. The molecule has 0 bridgehead atoms. The highest BCUT2D eigenvalue weighted by molar-refractivity contribution is 7.87. The number of fused-ring (bicyclic) bond motifs is 1. The Morgan fingerprint density at radius 3 is 2.88 bits per heavy atom. The van der Waals surface area contributed by atoms with Crippen LogP contribution in [-0.2, 0) is 16.8 Å². The Morgan fingerprint density at radius 1 is 1.41 bits per heavy atom. The number of hydrogen-bond acceptors (Lipinski definition) is 3. The van der Waals surface area contributed by atoms with Gasteiger partial charge in [0.25, 0.3) is 10.2 Å². The van der Waals surface area contributed by atoms with Gasteiger partial charge in [-0.15, -0.1) is 0 Å².